The summed E-state index contributed by atoms with van der Waals surface area (Å²) in [5.41, 5.74) is 1.19. The molecule has 1 aromatic carbocycles. The molecule has 0 bridgehead atoms. The molecular weight excluding hydrogens is 278 g/mol. The fraction of sp³-hybridized carbons (Fsp3) is 0.400. The zero-order chi connectivity index (χ0) is 14.5. The third-order valence-corrected chi connectivity index (χ3v) is 3.49. The second-order valence-corrected chi connectivity index (χ2v) is 5.05. The minimum atomic E-state index is -0.233. The average molecular weight is 294 g/mol. The largest absolute Gasteiger partial charge is 0.384 e. The van der Waals surface area contributed by atoms with Crippen molar-refractivity contribution in [3.8, 4) is 11.8 Å². The highest BCUT2D eigenvalue weighted by Gasteiger charge is 2.30. The van der Waals surface area contributed by atoms with Gasteiger partial charge in [-0.15, -0.1) is 0 Å². The maximum atomic E-state index is 12.2. The van der Waals surface area contributed by atoms with Crippen molar-refractivity contribution < 1.29 is 14.6 Å². The summed E-state index contributed by atoms with van der Waals surface area (Å²) in [6.45, 7) is 2.26. The smallest absolute Gasteiger partial charge is 0.230 e. The molecular formula is C15H16ClNO3. The molecule has 2 rings (SSSR count). The second-order valence-electron chi connectivity index (χ2n) is 4.61. The first-order valence-corrected chi connectivity index (χ1v) is 6.81. The van der Waals surface area contributed by atoms with Crippen molar-refractivity contribution in [2.75, 3.05) is 18.5 Å². The summed E-state index contributed by atoms with van der Waals surface area (Å²) in [5.74, 6) is 5.10. The van der Waals surface area contributed by atoms with E-state index in [-0.39, 0.29) is 24.5 Å². The number of carbonyl (C=O) groups excluding carboxylic acids is 1. The van der Waals surface area contributed by atoms with E-state index in [0.717, 1.165) is 0 Å². The summed E-state index contributed by atoms with van der Waals surface area (Å²) in [6.07, 6.45) is 0.631. The van der Waals surface area contributed by atoms with Crippen LogP contribution >= 0.6 is 11.6 Å². The van der Waals surface area contributed by atoms with Crippen LogP contribution in [0.4, 0.5) is 5.69 Å². The number of aliphatic hydroxyl groups excluding tert-OH is 1. The SMILES string of the molecule is CC1OCCC1C(=O)Nc1cc(Cl)ccc1C#CCO. The number of nitrogens with one attached hydrogen (secondary N) is 1. The highest BCUT2D eigenvalue weighted by Crippen LogP contribution is 2.25. The van der Waals surface area contributed by atoms with Crippen LogP contribution in [0.3, 0.4) is 0 Å². The topological polar surface area (TPSA) is 58.6 Å². The highest BCUT2D eigenvalue weighted by molar-refractivity contribution is 6.31. The summed E-state index contributed by atoms with van der Waals surface area (Å²) in [4.78, 5) is 12.2. The monoisotopic (exact) mass is 293 g/mol. The quantitative estimate of drug-likeness (QED) is 0.821. The molecule has 0 spiro atoms. The molecule has 1 aliphatic rings. The standard InChI is InChI=1S/C15H16ClNO3/c1-10-13(6-8-20-10)15(19)17-14-9-12(16)5-4-11(14)3-2-7-18/h4-5,9-10,13,18H,6-8H2,1H3,(H,17,19). The van der Waals surface area contributed by atoms with Gasteiger partial charge in [0.25, 0.3) is 0 Å². The molecule has 2 unspecified atom stereocenters. The Morgan fingerprint density at radius 1 is 1.60 bits per heavy atom. The minimum absolute atomic E-state index is 0.0823. The van der Waals surface area contributed by atoms with Crippen molar-refractivity contribution in [3.05, 3.63) is 28.8 Å². The number of rotatable bonds is 2. The molecule has 1 aliphatic heterocycles. The van der Waals surface area contributed by atoms with Crippen LogP contribution < -0.4 is 5.32 Å². The summed E-state index contributed by atoms with van der Waals surface area (Å²) in [5, 5.41) is 12.1. The van der Waals surface area contributed by atoms with Crippen molar-refractivity contribution in [2.24, 2.45) is 5.92 Å². The van der Waals surface area contributed by atoms with Crippen LogP contribution in [0.15, 0.2) is 18.2 Å². The first-order valence-electron chi connectivity index (χ1n) is 6.43. The summed E-state index contributed by atoms with van der Waals surface area (Å²) in [6, 6.07) is 5.07. The van der Waals surface area contributed by atoms with Crippen LogP contribution in [0.2, 0.25) is 5.02 Å². The lowest BCUT2D eigenvalue weighted by molar-refractivity contribution is -0.121. The number of ether oxygens (including phenoxy) is 1. The predicted octanol–water partition coefficient (Wildman–Crippen LogP) is 2.05. The molecule has 0 aromatic heterocycles. The number of benzene rings is 1. The van der Waals surface area contributed by atoms with Crippen LogP contribution in [0.1, 0.15) is 18.9 Å². The zero-order valence-corrected chi connectivity index (χ0v) is 11.9. The number of carbonyl (C=O) groups is 1. The van der Waals surface area contributed by atoms with Crippen molar-refractivity contribution in [1.82, 2.24) is 0 Å². The van der Waals surface area contributed by atoms with Crippen LogP contribution in [-0.2, 0) is 9.53 Å². The second kappa shape index (κ2) is 6.76. The van der Waals surface area contributed by atoms with Gasteiger partial charge in [0.05, 0.1) is 17.7 Å². The molecule has 0 radical (unpaired) electrons. The van der Waals surface area contributed by atoms with Gasteiger partial charge in [-0.2, -0.15) is 0 Å². The Morgan fingerprint density at radius 3 is 3.05 bits per heavy atom. The molecule has 1 saturated heterocycles. The number of hydrogen-bond donors (Lipinski definition) is 2. The van der Waals surface area contributed by atoms with Gasteiger partial charge in [-0.1, -0.05) is 23.4 Å². The van der Waals surface area contributed by atoms with Crippen LogP contribution in [-0.4, -0.2) is 30.3 Å². The lowest BCUT2D eigenvalue weighted by Crippen LogP contribution is -2.28. The Morgan fingerprint density at radius 2 is 2.40 bits per heavy atom. The number of amides is 1. The van der Waals surface area contributed by atoms with E-state index in [2.05, 4.69) is 17.2 Å². The first kappa shape index (κ1) is 14.9. The van der Waals surface area contributed by atoms with Gasteiger partial charge in [-0.3, -0.25) is 4.79 Å². The lowest BCUT2D eigenvalue weighted by Gasteiger charge is -2.15. The summed E-state index contributed by atoms with van der Waals surface area (Å²) in [7, 11) is 0. The molecule has 1 aromatic rings. The summed E-state index contributed by atoms with van der Waals surface area (Å²) < 4.78 is 5.40. The van der Waals surface area contributed by atoms with Gasteiger partial charge in [0.2, 0.25) is 5.91 Å². The van der Waals surface area contributed by atoms with Crippen molar-refractivity contribution >= 4 is 23.2 Å². The van der Waals surface area contributed by atoms with Crippen LogP contribution in [0, 0.1) is 17.8 Å². The maximum absolute atomic E-state index is 12.2. The van der Waals surface area contributed by atoms with Crippen molar-refractivity contribution in [1.29, 1.82) is 0 Å². The predicted molar refractivity (Wildman–Crippen MR) is 77.6 cm³/mol. The molecule has 1 fully saturated rings. The van der Waals surface area contributed by atoms with E-state index in [1.54, 1.807) is 18.2 Å². The zero-order valence-electron chi connectivity index (χ0n) is 11.1. The van der Waals surface area contributed by atoms with Gasteiger partial charge in [0.15, 0.2) is 0 Å². The molecule has 2 N–H and O–H groups in total. The fourth-order valence-electron chi connectivity index (χ4n) is 2.17. The number of aliphatic hydroxyl groups is 1. The molecule has 2 atom stereocenters. The molecule has 1 heterocycles. The minimum Gasteiger partial charge on any atom is -0.384 e. The Bertz CT molecular complexity index is 562. The van der Waals surface area contributed by atoms with Crippen molar-refractivity contribution in [2.45, 2.75) is 19.4 Å². The van der Waals surface area contributed by atoms with Gasteiger partial charge in [0.1, 0.15) is 6.61 Å². The lowest BCUT2D eigenvalue weighted by atomic mass is 10.0. The Hall–Kier alpha value is -1.54. The van der Waals surface area contributed by atoms with Crippen LogP contribution in [0.5, 0.6) is 0 Å². The summed E-state index contributed by atoms with van der Waals surface area (Å²) >= 11 is 5.95. The van der Waals surface area contributed by atoms with E-state index in [0.29, 0.717) is 29.3 Å². The van der Waals surface area contributed by atoms with E-state index in [1.165, 1.54) is 0 Å². The van der Waals surface area contributed by atoms with Gasteiger partial charge >= 0.3 is 0 Å². The maximum Gasteiger partial charge on any atom is 0.230 e. The molecule has 0 aliphatic carbocycles. The number of halogens is 1. The van der Waals surface area contributed by atoms with E-state index in [1.807, 2.05) is 6.92 Å². The first-order chi connectivity index (χ1) is 9.61. The van der Waals surface area contributed by atoms with Gasteiger partial charge in [0, 0.05) is 17.2 Å². The van der Waals surface area contributed by atoms with Crippen molar-refractivity contribution in [3.63, 3.8) is 0 Å². The Balaban J connectivity index is 2.19. The van der Waals surface area contributed by atoms with Gasteiger partial charge < -0.3 is 15.2 Å². The molecule has 0 saturated carbocycles. The van der Waals surface area contributed by atoms with Gasteiger partial charge in [-0.25, -0.2) is 0 Å². The molecule has 106 valence electrons. The normalized spacial score (nSPS) is 21.1. The van der Waals surface area contributed by atoms with Crippen LogP contribution in [0.25, 0.3) is 0 Å². The number of anilines is 1. The average Bonchev–Trinajstić information content (AvgIpc) is 2.84. The molecule has 4 nitrogen and oxygen atoms in total. The third-order valence-electron chi connectivity index (χ3n) is 3.25. The van der Waals surface area contributed by atoms with E-state index < -0.39 is 0 Å². The Labute approximate surface area is 123 Å². The Kier molecular flexibility index (Phi) is 5.02. The van der Waals surface area contributed by atoms with E-state index in [4.69, 9.17) is 21.4 Å². The molecule has 5 heteroatoms. The fourth-order valence-corrected chi connectivity index (χ4v) is 2.34. The van der Waals surface area contributed by atoms with E-state index >= 15 is 0 Å². The molecule has 20 heavy (non-hydrogen) atoms. The molecule has 1 amide bonds. The van der Waals surface area contributed by atoms with Gasteiger partial charge in [-0.05, 0) is 31.5 Å². The number of hydrogen-bond acceptors (Lipinski definition) is 3. The highest BCUT2D eigenvalue weighted by atomic mass is 35.5. The van der Waals surface area contributed by atoms with E-state index in [9.17, 15) is 4.79 Å². The third kappa shape index (κ3) is 3.51.